The van der Waals surface area contributed by atoms with Gasteiger partial charge >= 0.3 is 0 Å². The zero-order valence-electron chi connectivity index (χ0n) is 13.6. The topological polar surface area (TPSA) is 69.5 Å². The van der Waals surface area contributed by atoms with Gasteiger partial charge in [-0.05, 0) is 25.5 Å². The van der Waals surface area contributed by atoms with Crippen LogP contribution in [0.1, 0.15) is 23.7 Å². The van der Waals surface area contributed by atoms with Gasteiger partial charge in [-0.15, -0.1) is 5.10 Å². The number of carbonyl (C=O) groups excluding carboxylic acids is 1. The molecule has 2 atom stereocenters. The van der Waals surface area contributed by atoms with Gasteiger partial charge in [0, 0.05) is 13.1 Å². The number of fused-ring (bicyclic) bond motifs is 3. The van der Waals surface area contributed by atoms with Crippen LogP contribution in [0.25, 0.3) is 0 Å². The summed E-state index contributed by atoms with van der Waals surface area (Å²) in [5, 5.41) is 8.11. The summed E-state index contributed by atoms with van der Waals surface area (Å²) in [5.41, 5.74) is 2.12. The van der Waals surface area contributed by atoms with Crippen LogP contribution in [0.15, 0.2) is 30.5 Å². The average Bonchev–Trinajstić information content (AvgIpc) is 3.09. The zero-order valence-corrected chi connectivity index (χ0v) is 13.6. The van der Waals surface area contributed by atoms with E-state index in [1.807, 2.05) is 40.8 Å². The molecule has 1 aromatic heterocycles. The van der Waals surface area contributed by atoms with E-state index in [0.717, 1.165) is 17.7 Å². The largest absolute Gasteiger partial charge is 0.484 e. The molecule has 0 N–H and O–H groups in total. The van der Waals surface area contributed by atoms with Gasteiger partial charge in [0.1, 0.15) is 5.75 Å². The van der Waals surface area contributed by atoms with Crippen molar-refractivity contribution in [2.75, 3.05) is 19.7 Å². The smallest absolute Gasteiger partial charge is 0.260 e. The van der Waals surface area contributed by atoms with Crippen LogP contribution in [0.3, 0.4) is 0 Å². The van der Waals surface area contributed by atoms with Gasteiger partial charge in [-0.25, -0.2) is 4.68 Å². The van der Waals surface area contributed by atoms with E-state index in [9.17, 15) is 4.79 Å². The predicted molar refractivity (Wildman–Crippen MR) is 85.5 cm³/mol. The van der Waals surface area contributed by atoms with Crippen LogP contribution < -0.4 is 4.74 Å². The number of nitrogens with zero attached hydrogens (tertiary/aromatic N) is 4. The van der Waals surface area contributed by atoms with Crippen molar-refractivity contribution >= 4 is 5.91 Å². The molecule has 1 fully saturated rings. The summed E-state index contributed by atoms with van der Waals surface area (Å²) in [6.45, 7) is 3.87. The van der Waals surface area contributed by atoms with E-state index in [0.29, 0.717) is 25.4 Å². The molecule has 0 unspecified atom stereocenters. The standard InChI is InChI=1S/C17H20N4O3/c1-12-2-4-14(5-3-12)23-11-17(22)20-7-6-16-15(9-20)21-13(10-24-16)8-18-19-21/h2-5,8,15-16H,6-7,9-11H2,1H3/t15-,16-/m0/s1. The van der Waals surface area contributed by atoms with E-state index in [4.69, 9.17) is 9.47 Å². The van der Waals surface area contributed by atoms with Gasteiger partial charge in [0.05, 0.1) is 30.6 Å². The molecule has 0 radical (unpaired) electrons. The highest BCUT2D eigenvalue weighted by Gasteiger charge is 2.37. The lowest BCUT2D eigenvalue weighted by molar-refractivity contribution is -0.140. The lowest BCUT2D eigenvalue weighted by Crippen LogP contribution is -2.50. The van der Waals surface area contributed by atoms with Crippen LogP contribution >= 0.6 is 0 Å². The molecule has 0 aliphatic carbocycles. The molecule has 1 aromatic carbocycles. The number of aromatic nitrogens is 3. The van der Waals surface area contributed by atoms with Crippen molar-refractivity contribution in [1.82, 2.24) is 19.9 Å². The molecule has 24 heavy (non-hydrogen) atoms. The number of hydrogen-bond donors (Lipinski definition) is 0. The molecule has 3 heterocycles. The number of rotatable bonds is 3. The molecule has 7 nitrogen and oxygen atoms in total. The van der Waals surface area contributed by atoms with E-state index in [2.05, 4.69) is 10.3 Å². The first-order valence-corrected chi connectivity index (χ1v) is 8.18. The molecule has 1 amide bonds. The molecule has 1 saturated heterocycles. The summed E-state index contributed by atoms with van der Waals surface area (Å²) in [7, 11) is 0. The molecule has 7 heteroatoms. The minimum Gasteiger partial charge on any atom is -0.484 e. The third-order valence-corrected chi connectivity index (χ3v) is 4.66. The fourth-order valence-corrected chi connectivity index (χ4v) is 3.28. The number of carbonyl (C=O) groups is 1. The minimum absolute atomic E-state index is 0.0127. The van der Waals surface area contributed by atoms with E-state index >= 15 is 0 Å². The van der Waals surface area contributed by atoms with Crippen molar-refractivity contribution in [2.24, 2.45) is 0 Å². The highest BCUT2D eigenvalue weighted by Crippen LogP contribution is 2.30. The lowest BCUT2D eigenvalue weighted by atomic mass is 10.0. The second-order valence-corrected chi connectivity index (χ2v) is 6.32. The van der Waals surface area contributed by atoms with E-state index in [1.54, 1.807) is 6.20 Å². The quantitative estimate of drug-likeness (QED) is 0.850. The van der Waals surface area contributed by atoms with E-state index < -0.39 is 0 Å². The first kappa shape index (κ1) is 15.1. The van der Waals surface area contributed by atoms with Crippen molar-refractivity contribution in [3.8, 4) is 5.75 Å². The van der Waals surface area contributed by atoms with Crippen LogP contribution in [0.5, 0.6) is 5.75 Å². The highest BCUT2D eigenvalue weighted by molar-refractivity contribution is 5.78. The Morgan fingerprint density at radius 3 is 3.04 bits per heavy atom. The summed E-state index contributed by atoms with van der Waals surface area (Å²) in [6, 6.07) is 7.73. The average molecular weight is 328 g/mol. The van der Waals surface area contributed by atoms with Crippen LogP contribution in [0, 0.1) is 6.92 Å². The number of amides is 1. The Kier molecular flexibility index (Phi) is 3.93. The number of benzene rings is 1. The molecule has 4 rings (SSSR count). The van der Waals surface area contributed by atoms with E-state index in [1.165, 1.54) is 0 Å². The van der Waals surface area contributed by atoms with Gasteiger partial charge in [-0.3, -0.25) is 4.79 Å². The number of ether oxygens (including phenoxy) is 2. The molecular weight excluding hydrogens is 308 g/mol. The normalized spacial score (nSPS) is 22.6. The molecule has 0 spiro atoms. The van der Waals surface area contributed by atoms with Crippen molar-refractivity contribution in [3.05, 3.63) is 41.7 Å². The van der Waals surface area contributed by atoms with Crippen LogP contribution in [0.4, 0.5) is 0 Å². The Bertz CT molecular complexity index is 728. The number of aryl methyl sites for hydroxylation is 1. The molecular formula is C17H20N4O3. The second kappa shape index (κ2) is 6.24. The zero-order chi connectivity index (χ0) is 16.5. The number of likely N-dealkylation sites (tertiary alicyclic amines) is 1. The molecule has 2 aromatic rings. The van der Waals surface area contributed by atoms with Gasteiger partial charge < -0.3 is 14.4 Å². The van der Waals surface area contributed by atoms with Gasteiger partial charge in [-0.1, -0.05) is 22.9 Å². The second-order valence-electron chi connectivity index (χ2n) is 6.32. The van der Waals surface area contributed by atoms with Gasteiger partial charge in [0.2, 0.25) is 0 Å². The summed E-state index contributed by atoms with van der Waals surface area (Å²) < 4.78 is 13.4. The molecule has 0 bridgehead atoms. The number of piperidine rings is 1. The summed E-state index contributed by atoms with van der Waals surface area (Å²) in [4.78, 5) is 14.3. The van der Waals surface area contributed by atoms with Gasteiger partial charge in [-0.2, -0.15) is 0 Å². The first-order valence-electron chi connectivity index (χ1n) is 8.18. The highest BCUT2D eigenvalue weighted by atomic mass is 16.5. The minimum atomic E-state index is -0.0127. The Labute approximate surface area is 140 Å². The fourth-order valence-electron chi connectivity index (χ4n) is 3.28. The monoisotopic (exact) mass is 328 g/mol. The van der Waals surface area contributed by atoms with Crippen molar-refractivity contribution in [3.63, 3.8) is 0 Å². The van der Waals surface area contributed by atoms with Crippen molar-refractivity contribution < 1.29 is 14.3 Å². The number of hydrogen-bond acceptors (Lipinski definition) is 5. The summed E-state index contributed by atoms with van der Waals surface area (Å²) in [6.07, 6.45) is 2.62. The SMILES string of the molecule is Cc1ccc(OCC(=O)N2CC[C@@H]3OCc4cnnn4[C@H]3C2)cc1. The van der Waals surface area contributed by atoms with Crippen LogP contribution in [-0.4, -0.2) is 51.6 Å². The Hall–Kier alpha value is -2.41. The summed E-state index contributed by atoms with van der Waals surface area (Å²) in [5.74, 6) is 0.699. The first-order chi connectivity index (χ1) is 11.7. The van der Waals surface area contributed by atoms with Crippen molar-refractivity contribution in [1.29, 1.82) is 0 Å². The van der Waals surface area contributed by atoms with E-state index in [-0.39, 0.29) is 24.7 Å². The molecule has 2 aliphatic heterocycles. The Balaban J connectivity index is 1.39. The molecule has 2 aliphatic rings. The van der Waals surface area contributed by atoms with Gasteiger partial charge in [0.15, 0.2) is 6.61 Å². The Morgan fingerprint density at radius 1 is 1.38 bits per heavy atom. The predicted octanol–water partition coefficient (Wildman–Crippen LogP) is 1.34. The maximum absolute atomic E-state index is 12.5. The molecule has 126 valence electrons. The van der Waals surface area contributed by atoms with Crippen molar-refractivity contribution in [2.45, 2.75) is 32.1 Å². The Morgan fingerprint density at radius 2 is 2.21 bits per heavy atom. The third kappa shape index (κ3) is 2.87. The van der Waals surface area contributed by atoms with Crippen LogP contribution in [0.2, 0.25) is 0 Å². The maximum Gasteiger partial charge on any atom is 0.260 e. The maximum atomic E-state index is 12.5. The summed E-state index contributed by atoms with van der Waals surface area (Å²) >= 11 is 0. The van der Waals surface area contributed by atoms with Gasteiger partial charge in [0.25, 0.3) is 5.91 Å². The molecule has 0 saturated carbocycles. The fraction of sp³-hybridized carbons (Fsp3) is 0.471. The lowest BCUT2D eigenvalue weighted by Gasteiger charge is -2.40. The third-order valence-electron chi connectivity index (χ3n) is 4.66. The van der Waals surface area contributed by atoms with Crippen LogP contribution in [-0.2, 0) is 16.1 Å².